The fraction of sp³-hybridized carbons (Fsp3) is 0.444. The second-order valence-corrected chi connectivity index (χ2v) is 9.99. The zero-order valence-electron chi connectivity index (χ0n) is 21.7. The van der Waals surface area contributed by atoms with Gasteiger partial charge >= 0.3 is 12.2 Å². The Hall–Kier alpha value is -3.59. The fourth-order valence-corrected chi connectivity index (χ4v) is 3.21. The highest BCUT2D eigenvalue weighted by molar-refractivity contribution is 5.86. The van der Waals surface area contributed by atoms with Crippen molar-refractivity contribution in [2.45, 2.75) is 65.0 Å². The molecule has 2 atom stereocenters. The van der Waals surface area contributed by atoms with Gasteiger partial charge in [-0.05, 0) is 37.8 Å². The van der Waals surface area contributed by atoms with Gasteiger partial charge in [0.25, 0.3) is 0 Å². The molecule has 2 aromatic carbocycles. The normalized spacial score (nSPS) is 13.8. The van der Waals surface area contributed by atoms with Gasteiger partial charge in [-0.25, -0.2) is 9.59 Å². The molecule has 0 bridgehead atoms. The number of nitrogens with one attached hydrogen (secondary N) is 3. The predicted molar refractivity (Wildman–Crippen MR) is 138 cm³/mol. The van der Waals surface area contributed by atoms with Crippen molar-refractivity contribution in [3.05, 3.63) is 71.8 Å². The Morgan fingerprint density at radius 3 is 1.97 bits per heavy atom. The number of nitrogens with two attached hydrogens (primary N) is 1. The molecule has 0 saturated heterocycles. The highest BCUT2D eigenvalue weighted by Gasteiger charge is 2.34. The van der Waals surface area contributed by atoms with E-state index >= 15 is 0 Å². The summed E-state index contributed by atoms with van der Waals surface area (Å²) in [5.41, 5.74) is 6.15. The van der Waals surface area contributed by atoms with Gasteiger partial charge < -0.3 is 31.2 Å². The molecule has 0 spiro atoms. The second kappa shape index (κ2) is 12.9. The molecule has 0 heterocycles. The number of hydrogen-bond donors (Lipinski definition) is 4. The quantitative estimate of drug-likeness (QED) is 0.371. The summed E-state index contributed by atoms with van der Waals surface area (Å²) in [5, 5.41) is 8.08. The molecule has 0 aliphatic carbocycles. The minimum atomic E-state index is -1.27. The molecule has 5 N–H and O–H groups in total. The number of hydrogen-bond acceptors (Lipinski definition) is 6. The van der Waals surface area contributed by atoms with Gasteiger partial charge in [0.15, 0.2) is 0 Å². The van der Waals surface area contributed by atoms with E-state index in [1.807, 2.05) is 74.5 Å². The number of carbonyl (C=O) groups is 3. The molecule has 9 nitrogen and oxygen atoms in total. The molecule has 2 aromatic rings. The van der Waals surface area contributed by atoms with Crippen molar-refractivity contribution in [1.82, 2.24) is 16.0 Å². The lowest BCUT2D eigenvalue weighted by atomic mass is 9.96. The first-order valence-corrected chi connectivity index (χ1v) is 12.0. The van der Waals surface area contributed by atoms with Crippen LogP contribution in [-0.4, -0.2) is 41.9 Å². The van der Waals surface area contributed by atoms with Crippen LogP contribution in [-0.2, 0) is 27.3 Å². The number of carbonyl (C=O) groups excluding carboxylic acids is 3. The third-order valence-electron chi connectivity index (χ3n) is 5.42. The standard InChI is InChI=1S/C27H38N4O5/c1-19(2)27(28,31-25(34)36-26(3,4)5)18-29-23(32)22(16-20-12-8-6-9-13-20)30-24(33)35-17-21-14-10-7-11-15-21/h6-15,19,22H,16-18,28H2,1-5H3,(H,29,32)(H,30,33)(H,31,34)/t22-,27+/m0/s1. The van der Waals surface area contributed by atoms with Crippen molar-refractivity contribution in [3.8, 4) is 0 Å². The summed E-state index contributed by atoms with van der Waals surface area (Å²) in [7, 11) is 0. The Kier molecular flexibility index (Phi) is 10.3. The van der Waals surface area contributed by atoms with Crippen molar-refractivity contribution in [2.75, 3.05) is 6.54 Å². The fourth-order valence-electron chi connectivity index (χ4n) is 3.21. The van der Waals surface area contributed by atoms with E-state index in [1.54, 1.807) is 20.8 Å². The highest BCUT2D eigenvalue weighted by atomic mass is 16.6. The number of amides is 3. The Morgan fingerprint density at radius 2 is 1.44 bits per heavy atom. The van der Waals surface area contributed by atoms with Crippen molar-refractivity contribution in [3.63, 3.8) is 0 Å². The molecule has 0 aromatic heterocycles. The van der Waals surface area contributed by atoms with Crippen LogP contribution in [0.15, 0.2) is 60.7 Å². The SMILES string of the molecule is CC(C)[C@@](N)(CNC(=O)[C@H](Cc1ccccc1)NC(=O)OCc1ccccc1)NC(=O)OC(C)(C)C. The molecule has 9 heteroatoms. The number of ether oxygens (including phenoxy) is 2. The maximum Gasteiger partial charge on any atom is 0.409 e. The first kappa shape index (κ1) is 28.6. The lowest BCUT2D eigenvalue weighted by Gasteiger charge is -2.35. The summed E-state index contributed by atoms with van der Waals surface area (Å²) in [5.74, 6) is -0.696. The van der Waals surface area contributed by atoms with Crippen molar-refractivity contribution < 1.29 is 23.9 Å². The van der Waals surface area contributed by atoms with Crippen LogP contribution in [0.5, 0.6) is 0 Å². The van der Waals surface area contributed by atoms with Gasteiger partial charge in [0.05, 0.1) is 6.54 Å². The maximum atomic E-state index is 13.2. The molecule has 0 radical (unpaired) electrons. The first-order chi connectivity index (χ1) is 16.9. The number of benzene rings is 2. The Labute approximate surface area is 213 Å². The van der Waals surface area contributed by atoms with Gasteiger partial charge in [-0.15, -0.1) is 0 Å². The van der Waals surface area contributed by atoms with Crippen LogP contribution < -0.4 is 21.7 Å². The average Bonchev–Trinajstić information content (AvgIpc) is 2.81. The summed E-state index contributed by atoms with van der Waals surface area (Å²) in [6.45, 7) is 8.89. The number of rotatable bonds is 10. The predicted octanol–water partition coefficient (Wildman–Crippen LogP) is 3.48. The maximum absolute atomic E-state index is 13.2. The van der Waals surface area contributed by atoms with Crippen LogP contribution in [0.1, 0.15) is 45.7 Å². The molecule has 0 aliphatic rings. The van der Waals surface area contributed by atoms with Gasteiger partial charge in [-0.3, -0.25) is 4.79 Å². The Bertz CT molecular complexity index is 992. The third-order valence-corrected chi connectivity index (χ3v) is 5.42. The van der Waals surface area contributed by atoms with Gasteiger partial charge in [0.1, 0.15) is 23.9 Å². The number of alkyl carbamates (subject to hydrolysis) is 2. The molecule has 0 fully saturated rings. The topological polar surface area (TPSA) is 132 Å². The van der Waals surface area contributed by atoms with Crippen LogP contribution >= 0.6 is 0 Å². The lowest BCUT2D eigenvalue weighted by molar-refractivity contribution is -0.123. The van der Waals surface area contributed by atoms with E-state index in [-0.39, 0.29) is 25.5 Å². The third kappa shape index (κ3) is 9.95. The van der Waals surface area contributed by atoms with Crippen LogP contribution in [0.2, 0.25) is 0 Å². The monoisotopic (exact) mass is 498 g/mol. The van der Waals surface area contributed by atoms with Crippen molar-refractivity contribution in [2.24, 2.45) is 11.7 Å². The summed E-state index contributed by atoms with van der Waals surface area (Å²) in [4.78, 5) is 38.0. The molecular formula is C27H38N4O5. The lowest BCUT2D eigenvalue weighted by Crippen LogP contribution is -2.66. The second-order valence-electron chi connectivity index (χ2n) is 9.99. The molecule has 36 heavy (non-hydrogen) atoms. The van der Waals surface area contributed by atoms with Crippen LogP contribution in [0.3, 0.4) is 0 Å². The molecule has 2 rings (SSSR count). The summed E-state index contributed by atoms with van der Waals surface area (Å²) >= 11 is 0. The van der Waals surface area contributed by atoms with Crippen LogP contribution in [0.25, 0.3) is 0 Å². The molecular weight excluding hydrogens is 460 g/mol. The average molecular weight is 499 g/mol. The van der Waals surface area contributed by atoms with E-state index in [4.69, 9.17) is 15.2 Å². The highest BCUT2D eigenvalue weighted by Crippen LogP contribution is 2.13. The van der Waals surface area contributed by atoms with Gasteiger partial charge in [-0.1, -0.05) is 74.5 Å². The first-order valence-electron chi connectivity index (χ1n) is 12.0. The van der Waals surface area contributed by atoms with Crippen LogP contribution in [0, 0.1) is 5.92 Å². The molecule has 0 unspecified atom stereocenters. The summed E-state index contributed by atoms with van der Waals surface area (Å²) in [6.07, 6.45) is -1.16. The van der Waals surface area contributed by atoms with E-state index in [1.165, 1.54) is 0 Å². The Morgan fingerprint density at radius 1 is 0.889 bits per heavy atom. The largest absolute Gasteiger partial charge is 0.445 e. The van der Waals surface area contributed by atoms with E-state index in [0.717, 1.165) is 11.1 Å². The molecule has 3 amide bonds. The van der Waals surface area contributed by atoms with E-state index in [9.17, 15) is 14.4 Å². The van der Waals surface area contributed by atoms with E-state index < -0.39 is 35.4 Å². The van der Waals surface area contributed by atoms with E-state index in [2.05, 4.69) is 16.0 Å². The zero-order valence-corrected chi connectivity index (χ0v) is 21.7. The van der Waals surface area contributed by atoms with Gasteiger partial charge in [-0.2, -0.15) is 0 Å². The smallest absolute Gasteiger partial charge is 0.409 e. The van der Waals surface area contributed by atoms with Gasteiger partial charge in [0, 0.05) is 6.42 Å². The minimum absolute atomic E-state index is 0.0746. The molecule has 0 saturated carbocycles. The van der Waals surface area contributed by atoms with E-state index in [0.29, 0.717) is 0 Å². The molecule has 0 aliphatic heterocycles. The van der Waals surface area contributed by atoms with Gasteiger partial charge in [0.2, 0.25) is 5.91 Å². The zero-order chi connectivity index (χ0) is 26.8. The summed E-state index contributed by atoms with van der Waals surface area (Å²) < 4.78 is 10.6. The van der Waals surface area contributed by atoms with Crippen molar-refractivity contribution >= 4 is 18.1 Å². The Balaban J connectivity index is 2.06. The molecule has 196 valence electrons. The summed E-state index contributed by atoms with van der Waals surface area (Å²) in [6, 6.07) is 17.6. The van der Waals surface area contributed by atoms with Crippen molar-refractivity contribution in [1.29, 1.82) is 0 Å². The minimum Gasteiger partial charge on any atom is -0.445 e. The van der Waals surface area contributed by atoms with Crippen LogP contribution in [0.4, 0.5) is 9.59 Å².